The smallest absolute Gasteiger partial charge is 0.0942 e. The molecule has 1 aromatic heterocycles. The Balaban J connectivity index is 1.80. The first-order valence-electron chi connectivity index (χ1n) is 6.27. The Labute approximate surface area is 112 Å². The molecule has 19 heavy (non-hydrogen) atoms. The number of hydrogen-bond donors (Lipinski definition) is 1. The van der Waals surface area contributed by atoms with Crippen LogP contribution < -0.4 is 4.90 Å². The number of aromatic nitrogens is 2. The van der Waals surface area contributed by atoms with Crippen LogP contribution in [0.4, 0.5) is 5.69 Å². The second kappa shape index (κ2) is 5.16. The third-order valence-corrected chi connectivity index (χ3v) is 3.11. The minimum Gasteiger partial charge on any atom is -0.395 e. The predicted molar refractivity (Wildman–Crippen MR) is 73.8 cm³/mol. The second-order valence-electron chi connectivity index (χ2n) is 4.42. The molecule has 0 saturated carbocycles. The maximum absolute atomic E-state index is 8.95. The molecule has 5 heteroatoms. The molecule has 0 atom stereocenters. The first kappa shape index (κ1) is 11.8. The van der Waals surface area contributed by atoms with Crippen LogP contribution in [0.15, 0.2) is 55.1 Å². The van der Waals surface area contributed by atoms with Gasteiger partial charge in [0, 0.05) is 37.0 Å². The van der Waals surface area contributed by atoms with Gasteiger partial charge in [0.05, 0.1) is 19.0 Å². The molecule has 1 aliphatic rings. The zero-order valence-corrected chi connectivity index (χ0v) is 10.6. The molecule has 0 saturated heterocycles. The lowest BCUT2D eigenvalue weighted by atomic mass is 10.2. The Bertz CT molecular complexity index is 565. The van der Waals surface area contributed by atoms with Crippen molar-refractivity contribution in [3.63, 3.8) is 0 Å². The molecular weight excluding hydrogens is 240 g/mol. The minimum absolute atomic E-state index is 0.172. The molecule has 1 aromatic carbocycles. The van der Waals surface area contributed by atoms with Gasteiger partial charge in [0.2, 0.25) is 0 Å². The van der Waals surface area contributed by atoms with Crippen LogP contribution in [0.1, 0.15) is 0 Å². The monoisotopic (exact) mass is 256 g/mol. The van der Waals surface area contributed by atoms with Crippen LogP contribution in [0.25, 0.3) is 5.69 Å². The van der Waals surface area contributed by atoms with Crippen molar-refractivity contribution in [2.45, 2.75) is 0 Å². The van der Waals surface area contributed by atoms with Gasteiger partial charge in [-0.3, -0.25) is 0 Å². The van der Waals surface area contributed by atoms with Crippen molar-refractivity contribution in [2.24, 2.45) is 0 Å². The molecule has 2 aromatic rings. The summed E-state index contributed by atoms with van der Waals surface area (Å²) >= 11 is 0. The Kier molecular flexibility index (Phi) is 3.20. The first-order chi connectivity index (χ1) is 9.36. The fourth-order valence-corrected chi connectivity index (χ4v) is 2.14. The van der Waals surface area contributed by atoms with Gasteiger partial charge in [-0.25, -0.2) is 4.68 Å². The van der Waals surface area contributed by atoms with Crippen LogP contribution in [0.2, 0.25) is 0 Å². The Morgan fingerprint density at radius 2 is 2.05 bits per heavy atom. The van der Waals surface area contributed by atoms with Gasteiger partial charge in [-0.15, -0.1) is 0 Å². The van der Waals surface area contributed by atoms with Gasteiger partial charge in [-0.2, -0.15) is 5.10 Å². The summed E-state index contributed by atoms with van der Waals surface area (Å²) in [7, 11) is 0. The molecule has 0 spiro atoms. The lowest BCUT2D eigenvalue weighted by molar-refractivity contribution is 0.244. The van der Waals surface area contributed by atoms with Crippen molar-refractivity contribution in [1.82, 2.24) is 14.7 Å². The average Bonchev–Trinajstić information content (AvgIpc) is 3.11. The average molecular weight is 256 g/mol. The Morgan fingerprint density at radius 3 is 2.84 bits per heavy atom. The summed E-state index contributed by atoms with van der Waals surface area (Å²) in [5.74, 6) is 0. The highest BCUT2D eigenvalue weighted by molar-refractivity contribution is 5.55. The topological polar surface area (TPSA) is 44.5 Å². The van der Waals surface area contributed by atoms with Gasteiger partial charge in [-0.1, -0.05) is 6.07 Å². The number of hydrogen-bond acceptors (Lipinski definition) is 4. The summed E-state index contributed by atoms with van der Waals surface area (Å²) in [5.41, 5.74) is 2.15. The molecule has 0 fully saturated rings. The van der Waals surface area contributed by atoms with Crippen LogP contribution in [0.3, 0.4) is 0 Å². The van der Waals surface area contributed by atoms with Crippen molar-refractivity contribution >= 4 is 5.69 Å². The lowest BCUT2D eigenvalue weighted by Crippen LogP contribution is -2.27. The van der Waals surface area contributed by atoms with Gasteiger partial charge in [0.15, 0.2) is 0 Å². The molecule has 0 amide bonds. The van der Waals surface area contributed by atoms with E-state index in [1.54, 1.807) is 6.20 Å². The van der Waals surface area contributed by atoms with E-state index in [1.807, 2.05) is 41.5 Å². The van der Waals surface area contributed by atoms with Gasteiger partial charge < -0.3 is 14.9 Å². The summed E-state index contributed by atoms with van der Waals surface area (Å²) in [6.45, 7) is 1.60. The van der Waals surface area contributed by atoms with Crippen molar-refractivity contribution < 1.29 is 5.11 Å². The first-order valence-corrected chi connectivity index (χ1v) is 6.27. The van der Waals surface area contributed by atoms with E-state index in [0.29, 0.717) is 6.54 Å². The molecule has 1 N–H and O–H groups in total. The van der Waals surface area contributed by atoms with Gasteiger partial charge in [0.1, 0.15) is 0 Å². The highest BCUT2D eigenvalue weighted by Crippen LogP contribution is 2.21. The normalized spacial score (nSPS) is 14.4. The van der Waals surface area contributed by atoms with E-state index in [2.05, 4.69) is 27.0 Å². The largest absolute Gasteiger partial charge is 0.395 e. The molecule has 2 heterocycles. The zero-order chi connectivity index (χ0) is 13.1. The SMILES string of the molecule is OCCN1C=CN(c2cccc(-n3cccn3)c2)C1. The standard InChI is InChI=1S/C14H16N4O/c19-10-9-16-7-8-17(12-16)13-3-1-4-14(11-13)18-6-2-5-15-18/h1-8,11,19H,9-10,12H2. The summed E-state index contributed by atoms with van der Waals surface area (Å²) < 4.78 is 1.84. The molecule has 5 nitrogen and oxygen atoms in total. The fraction of sp³-hybridized carbons (Fsp3) is 0.214. The van der Waals surface area contributed by atoms with Crippen LogP contribution in [0, 0.1) is 0 Å². The minimum atomic E-state index is 0.172. The van der Waals surface area contributed by atoms with Crippen LogP contribution in [0.5, 0.6) is 0 Å². The number of nitrogens with zero attached hydrogens (tertiary/aromatic N) is 4. The molecular formula is C14H16N4O. The maximum Gasteiger partial charge on any atom is 0.0942 e. The van der Waals surface area contributed by atoms with Crippen molar-refractivity contribution in [1.29, 1.82) is 0 Å². The summed E-state index contributed by atoms with van der Waals surface area (Å²) in [5, 5.41) is 13.2. The van der Waals surface area contributed by atoms with E-state index in [0.717, 1.165) is 18.0 Å². The quantitative estimate of drug-likeness (QED) is 0.898. The number of β-amino-alcohol motifs (C(OH)–C–C–N with tert-alkyl or cyclic N) is 1. The van der Waals surface area contributed by atoms with E-state index in [4.69, 9.17) is 5.11 Å². The number of aliphatic hydroxyl groups excluding tert-OH is 1. The van der Waals surface area contributed by atoms with E-state index in [9.17, 15) is 0 Å². The molecule has 0 radical (unpaired) electrons. The van der Waals surface area contributed by atoms with E-state index >= 15 is 0 Å². The van der Waals surface area contributed by atoms with Crippen LogP contribution >= 0.6 is 0 Å². The second-order valence-corrected chi connectivity index (χ2v) is 4.42. The number of benzene rings is 1. The van der Waals surface area contributed by atoms with E-state index in [1.165, 1.54) is 0 Å². The lowest BCUT2D eigenvalue weighted by Gasteiger charge is -2.21. The molecule has 0 bridgehead atoms. The molecule has 1 aliphatic heterocycles. The Morgan fingerprint density at radius 1 is 1.16 bits per heavy atom. The number of aliphatic hydroxyl groups is 1. The van der Waals surface area contributed by atoms with Gasteiger partial charge in [-0.05, 0) is 24.3 Å². The van der Waals surface area contributed by atoms with Gasteiger partial charge in [0.25, 0.3) is 0 Å². The van der Waals surface area contributed by atoms with E-state index in [-0.39, 0.29) is 6.61 Å². The third kappa shape index (κ3) is 2.46. The predicted octanol–water partition coefficient (Wildman–Crippen LogP) is 1.42. The van der Waals surface area contributed by atoms with Gasteiger partial charge >= 0.3 is 0 Å². The molecule has 0 aliphatic carbocycles. The summed E-state index contributed by atoms with van der Waals surface area (Å²) in [6.07, 6.45) is 7.72. The number of rotatable bonds is 4. The Hall–Kier alpha value is -2.27. The zero-order valence-electron chi connectivity index (χ0n) is 10.6. The van der Waals surface area contributed by atoms with Crippen molar-refractivity contribution in [3.8, 4) is 5.69 Å². The summed E-state index contributed by atoms with van der Waals surface area (Å²) in [4.78, 5) is 4.21. The molecule has 98 valence electrons. The third-order valence-electron chi connectivity index (χ3n) is 3.11. The van der Waals surface area contributed by atoms with Crippen molar-refractivity contribution in [3.05, 3.63) is 55.1 Å². The van der Waals surface area contributed by atoms with Crippen LogP contribution in [-0.2, 0) is 0 Å². The van der Waals surface area contributed by atoms with E-state index < -0.39 is 0 Å². The van der Waals surface area contributed by atoms with Crippen molar-refractivity contribution in [2.75, 3.05) is 24.7 Å². The van der Waals surface area contributed by atoms with Crippen LogP contribution in [-0.4, -0.2) is 39.6 Å². The molecule has 3 rings (SSSR count). The fourth-order valence-electron chi connectivity index (χ4n) is 2.14. The highest BCUT2D eigenvalue weighted by Gasteiger charge is 2.13. The molecule has 0 unspecified atom stereocenters. The number of anilines is 1. The highest BCUT2D eigenvalue weighted by atomic mass is 16.3. The maximum atomic E-state index is 8.95. The summed E-state index contributed by atoms with van der Waals surface area (Å²) in [6, 6.07) is 10.1.